The fourth-order valence-corrected chi connectivity index (χ4v) is 4.03. The van der Waals surface area contributed by atoms with Gasteiger partial charge in [-0.25, -0.2) is 4.39 Å². The minimum Gasteiger partial charge on any atom is -0.490 e. The summed E-state index contributed by atoms with van der Waals surface area (Å²) in [6.07, 6.45) is 3.00. The first-order valence-electron chi connectivity index (χ1n) is 9.95. The van der Waals surface area contributed by atoms with Crippen molar-refractivity contribution in [2.24, 2.45) is 0 Å². The molecule has 4 rings (SSSR count). The smallest absolute Gasteiger partial charge is 0.275 e. The van der Waals surface area contributed by atoms with Crippen LogP contribution in [0.3, 0.4) is 0 Å². The Bertz CT molecular complexity index is 842. The van der Waals surface area contributed by atoms with Crippen LogP contribution in [0.2, 0.25) is 0 Å². The molecule has 2 aromatic rings. The highest BCUT2D eigenvalue weighted by Gasteiger charge is 2.32. The predicted octanol–water partition coefficient (Wildman–Crippen LogP) is 2.02. The number of likely N-dealkylation sites (tertiary alicyclic amines) is 1. The molecule has 2 heterocycles. The summed E-state index contributed by atoms with van der Waals surface area (Å²) in [7, 11) is 0. The second-order valence-corrected chi connectivity index (χ2v) is 7.40. The summed E-state index contributed by atoms with van der Waals surface area (Å²) in [4.78, 5) is 13.7. The topological polar surface area (TPSA) is 52.0 Å². The Kier molecular flexibility index (Phi) is 5.76. The molecule has 0 aliphatic carbocycles. The van der Waals surface area contributed by atoms with Gasteiger partial charge >= 0.3 is 0 Å². The largest absolute Gasteiger partial charge is 0.490 e. The molecule has 1 fully saturated rings. The molecule has 1 unspecified atom stereocenters. The molecule has 0 bridgehead atoms. The van der Waals surface area contributed by atoms with E-state index in [1.807, 2.05) is 6.07 Å². The van der Waals surface area contributed by atoms with E-state index in [2.05, 4.69) is 17.4 Å². The van der Waals surface area contributed by atoms with Gasteiger partial charge in [-0.15, -0.1) is 0 Å². The van der Waals surface area contributed by atoms with E-state index in [4.69, 9.17) is 9.47 Å². The molecule has 2 aliphatic rings. The Morgan fingerprint density at radius 3 is 2.79 bits per heavy atom. The number of carbonyl (C=O) groups excluding carboxylic acids is 1. The maximum absolute atomic E-state index is 13.7. The first-order valence-corrected chi connectivity index (χ1v) is 9.95. The number of quaternary nitrogens is 1. The molecule has 6 heteroatoms. The fourth-order valence-electron chi connectivity index (χ4n) is 4.03. The van der Waals surface area contributed by atoms with E-state index in [1.54, 1.807) is 18.2 Å². The molecule has 2 aliphatic heterocycles. The van der Waals surface area contributed by atoms with Crippen molar-refractivity contribution < 1.29 is 23.6 Å². The number of nitrogens with one attached hydrogen (secondary N) is 2. The highest BCUT2D eigenvalue weighted by Crippen LogP contribution is 2.33. The fraction of sp³-hybridized carbons (Fsp3) is 0.409. The normalized spacial score (nSPS) is 21.2. The van der Waals surface area contributed by atoms with Crippen LogP contribution in [-0.4, -0.2) is 32.2 Å². The predicted molar refractivity (Wildman–Crippen MR) is 103 cm³/mol. The van der Waals surface area contributed by atoms with E-state index >= 15 is 0 Å². The quantitative estimate of drug-likeness (QED) is 0.828. The summed E-state index contributed by atoms with van der Waals surface area (Å²) in [6, 6.07) is 12.9. The Hall–Kier alpha value is -2.60. The zero-order chi connectivity index (χ0) is 19.3. The molecular formula is C22H26FN2O3+. The van der Waals surface area contributed by atoms with Crippen molar-refractivity contribution in [2.75, 3.05) is 26.3 Å². The number of carbonyl (C=O) groups is 1. The molecule has 0 saturated carbocycles. The van der Waals surface area contributed by atoms with Crippen LogP contribution in [0, 0.1) is 5.82 Å². The van der Waals surface area contributed by atoms with Gasteiger partial charge in [0.15, 0.2) is 18.0 Å². The van der Waals surface area contributed by atoms with Crippen molar-refractivity contribution in [1.29, 1.82) is 0 Å². The summed E-state index contributed by atoms with van der Waals surface area (Å²) in [5.74, 6) is 1.24. The average Bonchev–Trinajstić information content (AvgIpc) is 3.02. The standard InChI is InChI=1S/C22H25FN2O3/c23-18-6-2-1-5-17(18)14-24-22(26)15-25-10-3-7-19(25)16-8-9-20-21(13-16)28-12-4-11-27-20/h1-2,5-6,8-9,13,19H,3-4,7,10-12,14-15H2,(H,24,26)/p+1/t19-/m0/s1. The molecule has 0 aromatic heterocycles. The van der Waals surface area contributed by atoms with Crippen LogP contribution in [0.25, 0.3) is 0 Å². The molecule has 2 N–H and O–H groups in total. The lowest BCUT2D eigenvalue weighted by Gasteiger charge is -2.22. The van der Waals surface area contributed by atoms with Crippen LogP contribution in [0.1, 0.15) is 36.4 Å². The van der Waals surface area contributed by atoms with Gasteiger partial charge in [-0.2, -0.15) is 0 Å². The van der Waals surface area contributed by atoms with E-state index in [1.165, 1.54) is 16.5 Å². The Morgan fingerprint density at radius 2 is 1.93 bits per heavy atom. The number of halogens is 1. The summed E-state index contributed by atoms with van der Waals surface area (Å²) in [5, 5.41) is 2.85. The number of benzene rings is 2. The SMILES string of the molecule is O=C(C[NH+]1CCC[C@H]1c1ccc2c(c1)OCCCO2)NCc1ccccc1F. The van der Waals surface area contributed by atoms with Crippen LogP contribution in [0.4, 0.5) is 4.39 Å². The minimum atomic E-state index is -0.290. The molecular weight excluding hydrogens is 359 g/mol. The monoisotopic (exact) mass is 385 g/mol. The van der Waals surface area contributed by atoms with Crippen molar-refractivity contribution in [3.63, 3.8) is 0 Å². The van der Waals surface area contributed by atoms with Gasteiger partial charge in [0.2, 0.25) is 0 Å². The van der Waals surface area contributed by atoms with Gasteiger partial charge < -0.3 is 19.7 Å². The van der Waals surface area contributed by atoms with Crippen molar-refractivity contribution in [3.05, 3.63) is 59.4 Å². The number of fused-ring (bicyclic) bond motifs is 1. The van der Waals surface area contributed by atoms with E-state index in [0.717, 1.165) is 37.3 Å². The van der Waals surface area contributed by atoms with Gasteiger partial charge in [0.1, 0.15) is 11.9 Å². The first kappa shape index (κ1) is 18.7. The van der Waals surface area contributed by atoms with Gasteiger partial charge in [-0.05, 0) is 24.3 Å². The second kappa shape index (κ2) is 8.61. The number of amides is 1. The van der Waals surface area contributed by atoms with Crippen LogP contribution < -0.4 is 19.7 Å². The maximum Gasteiger partial charge on any atom is 0.275 e. The number of rotatable bonds is 5. The second-order valence-electron chi connectivity index (χ2n) is 7.40. The summed E-state index contributed by atoms with van der Waals surface area (Å²) >= 11 is 0. The molecule has 2 aromatic carbocycles. The Labute approximate surface area is 164 Å². The number of hydrogen-bond acceptors (Lipinski definition) is 3. The molecule has 0 radical (unpaired) electrons. The zero-order valence-electron chi connectivity index (χ0n) is 15.9. The lowest BCUT2D eigenvalue weighted by atomic mass is 10.0. The van der Waals surface area contributed by atoms with Crippen molar-refractivity contribution in [2.45, 2.75) is 31.8 Å². The third-order valence-corrected chi connectivity index (χ3v) is 5.48. The van der Waals surface area contributed by atoms with Gasteiger partial charge in [-0.3, -0.25) is 4.79 Å². The van der Waals surface area contributed by atoms with Crippen molar-refractivity contribution in [3.8, 4) is 11.5 Å². The third-order valence-electron chi connectivity index (χ3n) is 5.48. The maximum atomic E-state index is 13.7. The van der Waals surface area contributed by atoms with Crippen LogP contribution in [-0.2, 0) is 11.3 Å². The summed E-state index contributed by atoms with van der Waals surface area (Å²) in [6.45, 7) is 2.89. The molecule has 1 saturated heterocycles. The van der Waals surface area contributed by atoms with E-state index in [9.17, 15) is 9.18 Å². The number of hydrogen-bond donors (Lipinski definition) is 2. The molecule has 148 valence electrons. The zero-order valence-corrected chi connectivity index (χ0v) is 15.9. The highest BCUT2D eigenvalue weighted by atomic mass is 19.1. The number of ether oxygens (including phenoxy) is 2. The molecule has 5 nitrogen and oxygen atoms in total. The van der Waals surface area contributed by atoms with Crippen LogP contribution in [0.15, 0.2) is 42.5 Å². The van der Waals surface area contributed by atoms with E-state index < -0.39 is 0 Å². The first-order chi connectivity index (χ1) is 13.7. The van der Waals surface area contributed by atoms with Gasteiger partial charge in [-0.1, -0.05) is 18.2 Å². The molecule has 0 spiro atoms. The van der Waals surface area contributed by atoms with Crippen LogP contribution >= 0.6 is 0 Å². The average molecular weight is 385 g/mol. The Morgan fingerprint density at radius 1 is 1.11 bits per heavy atom. The lowest BCUT2D eigenvalue weighted by molar-refractivity contribution is -0.910. The molecule has 2 atom stereocenters. The van der Waals surface area contributed by atoms with Crippen molar-refractivity contribution in [1.82, 2.24) is 5.32 Å². The molecule has 1 amide bonds. The van der Waals surface area contributed by atoms with Gasteiger partial charge in [0, 0.05) is 36.9 Å². The Balaban J connectivity index is 1.39. The van der Waals surface area contributed by atoms with Gasteiger partial charge in [0.05, 0.1) is 19.8 Å². The van der Waals surface area contributed by atoms with Crippen LogP contribution in [0.5, 0.6) is 11.5 Å². The highest BCUT2D eigenvalue weighted by molar-refractivity contribution is 5.76. The van der Waals surface area contributed by atoms with E-state index in [-0.39, 0.29) is 24.3 Å². The minimum absolute atomic E-state index is 0.0560. The third kappa shape index (κ3) is 4.28. The lowest BCUT2D eigenvalue weighted by Crippen LogP contribution is -3.11. The summed E-state index contributed by atoms with van der Waals surface area (Å²) in [5.41, 5.74) is 1.69. The summed E-state index contributed by atoms with van der Waals surface area (Å²) < 4.78 is 25.2. The molecule has 28 heavy (non-hydrogen) atoms. The van der Waals surface area contributed by atoms with Gasteiger partial charge in [0.25, 0.3) is 5.91 Å². The van der Waals surface area contributed by atoms with E-state index in [0.29, 0.717) is 25.3 Å². The van der Waals surface area contributed by atoms with Crippen molar-refractivity contribution >= 4 is 5.91 Å².